The zero-order valence-electron chi connectivity index (χ0n) is 38.6. The molecule has 4 fully saturated rings. The van der Waals surface area contributed by atoms with Crippen molar-refractivity contribution in [2.75, 3.05) is 0 Å². The van der Waals surface area contributed by atoms with Crippen LogP contribution in [0.5, 0.6) is 0 Å². The highest BCUT2D eigenvalue weighted by atomic mass is 16.7. The van der Waals surface area contributed by atoms with Crippen LogP contribution in [0.4, 0.5) is 4.79 Å². The van der Waals surface area contributed by atoms with Gasteiger partial charge in [-0.15, -0.1) is 0 Å². The molecule has 0 bridgehead atoms. The molecule has 5 heterocycles. The fraction of sp³-hybridized carbons (Fsp3) is 0.894. The van der Waals surface area contributed by atoms with Crippen molar-refractivity contribution in [3.8, 4) is 0 Å². The van der Waals surface area contributed by atoms with E-state index in [1.807, 2.05) is 46.8 Å². The van der Waals surface area contributed by atoms with Crippen LogP contribution >= 0.6 is 0 Å². The van der Waals surface area contributed by atoms with E-state index in [0.29, 0.717) is 57.8 Å². The van der Waals surface area contributed by atoms with E-state index in [2.05, 4.69) is 33.0 Å². The molecule has 19 atom stereocenters. The van der Waals surface area contributed by atoms with Gasteiger partial charge in [0.2, 0.25) is 0 Å². The average molecular weight is 850 g/mol. The number of aliphatic carboxylic acids is 1. The van der Waals surface area contributed by atoms with Crippen LogP contribution in [0, 0.1) is 41.4 Å². The Kier molecular flexibility index (Phi) is 16.1. The minimum absolute atomic E-state index is 0.00343. The smallest absolute Gasteiger partial charge is 0.407 e. The van der Waals surface area contributed by atoms with Gasteiger partial charge in [-0.1, -0.05) is 61.5 Å². The molecule has 5 rings (SSSR count). The maximum absolute atomic E-state index is 14.6. The lowest BCUT2D eigenvalue weighted by Gasteiger charge is -2.52. The Balaban J connectivity index is 1.36. The molecule has 1 amide bonds. The molecule has 0 aliphatic carbocycles. The van der Waals surface area contributed by atoms with Crippen molar-refractivity contribution >= 4 is 17.8 Å². The van der Waals surface area contributed by atoms with Gasteiger partial charge < -0.3 is 49.1 Å². The number of hydrogen-bond donors (Lipinski definition) is 4. The Morgan fingerprint density at radius 1 is 0.867 bits per heavy atom. The topological polar surface area (TPSA) is 179 Å². The van der Waals surface area contributed by atoms with Gasteiger partial charge in [-0.05, 0) is 110 Å². The largest absolute Gasteiger partial charge is 0.481 e. The third kappa shape index (κ3) is 10.1. The standard InChI is InChI=1S/C47H79NO12/c1-13-32(43(51)52)35-17-16-26(6)40(57-35)30(10)38(49)29(9)39(50)33(14-2)41-27(7)24-28(8)47(59-41)23-18-34(48-44(53)55-25(4)5)42(60-47)36-19-21-45(12,58-36)37-20-22-46(54,15-3)31(11)56-37/h18,23,25-38,40-42,49,54H,13-17,19-22,24H2,1-12H3,(H,48,53)(H,51,52)/t26-,27-,28+,29-,30-,31-,32+,33-,34+,35+,36?,37+,38+,40+,41-,42?,45-,46+,47-/m0/s1. The number of amides is 1. The van der Waals surface area contributed by atoms with Crippen molar-refractivity contribution in [2.45, 2.75) is 225 Å². The summed E-state index contributed by atoms with van der Waals surface area (Å²) in [6.07, 6.45) is 5.21. The SMILES string of the molecule is CC[C@@H](C(=O)[C@@H](C)[C@@H](O)[C@H](C)[C@@H]1O[C@@H]([C@@H](CC)C(=O)O)CC[C@@H]1C)[C@H]1O[C@]2(C=C[C@@H](NC(=O)OC(C)C)C(C3CC[C@@](C)([C@H]4CC[C@](O)(CC)[C@H](C)O4)O3)O2)[C@H](C)C[C@@H]1C. The predicted molar refractivity (Wildman–Crippen MR) is 226 cm³/mol. The first-order valence-electron chi connectivity index (χ1n) is 23.3. The van der Waals surface area contributed by atoms with Gasteiger partial charge in [0.05, 0.1) is 72.0 Å². The third-order valence-electron chi connectivity index (χ3n) is 15.3. The highest BCUT2D eigenvalue weighted by Gasteiger charge is 2.57. The lowest BCUT2D eigenvalue weighted by Crippen LogP contribution is -2.62. The Morgan fingerprint density at radius 2 is 1.55 bits per heavy atom. The molecule has 0 radical (unpaired) electrons. The molecule has 4 saturated heterocycles. The van der Waals surface area contributed by atoms with E-state index in [1.165, 1.54) is 0 Å². The van der Waals surface area contributed by atoms with Crippen LogP contribution in [0.25, 0.3) is 0 Å². The molecule has 13 heteroatoms. The Hall–Kier alpha value is -2.13. The summed E-state index contributed by atoms with van der Waals surface area (Å²) in [5, 5.41) is 35.8. The summed E-state index contributed by atoms with van der Waals surface area (Å²) >= 11 is 0. The van der Waals surface area contributed by atoms with Gasteiger partial charge in [-0.25, -0.2) is 4.79 Å². The number of Topliss-reactive ketones (excluding diaryl/α,β-unsaturated/α-hetero) is 1. The molecule has 0 saturated carbocycles. The zero-order valence-corrected chi connectivity index (χ0v) is 38.6. The molecule has 344 valence electrons. The van der Waals surface area contributed by atoms with Crippen molar-refractivity contribution in [1.29, 1.82) is 0 Å². The van der Waals surface area contributed by atoms with Crippen molar-refractivity contribution in [3.05, 3.63) is 12.2 Å². The van der Waals surface area contributed by atoms with Crippen LogP contribution in [0.1, 0.15) is 147 Å². The molecule has 2 unspecified atom stereocenters. The highest BCUT2D eigenvalue weighted by Crippen LogP contribution is 2.49. The molecule has 13 nitrogen and oxygen atoms in total. The van der Waals surface area contributed by atoms with Crippen molar-refractivity contribution in [2.24, 2.45) is 41.4 Å². The second-order valence-corrected chi connectivity index (χ2v) is 19.9. The van der Waals surface area contributed by atoms with Crippen LogP contribution in [-0.4, -0.2) is 111 Å². The summed E-state index contributed by atoms with van der Waals surface area (Å²) in [4.78, 5) is 39.7. The summed E-state index contributed by atoms with van der Waals surface area (Å²) in [5.74, 6) is -4.50. The van der Waals surface area contributed by atoms with Gasteiger partial charge >= 0.3 is 12.1 Å². The Bertz CT molecular complexity index is 1510. The van der Waals surface area contributed by atoms with E-state index in [-0.39, 0.29) is 48.0 Å². The number of carboxylic acid groups (broad SMARTS) is 1. The fourth-order valence-corrected chi connectivity index (χ4v) is 11.2. The molecular weight excluding hydrogens is 771 g/mol. The third-order valence-corrected chi connectivity index (χ3v) is 15.3. The lowest BCUT2D eigenvalue weighted by molar-refractivity contribution is -0.327. The number of aliphatic hydroxyl groups excluding tert-OH is 1. The predicted octanol–water partition coefficient (Wildman–Crippen LogP) is 7.37. The number of nitrogens with one attached hydrogen (secondary N) is 1. The Morgan fingerprint density at radius 3 is 2.15 bits per heavy atom. The van der Waals surface area contributed by atoms with Gasteiger partial charge in [0, 0.05) is 23.7 Å². The summed E-state index contributed by atoms with van der Waals surface area (Å²) in [6.45, 7) is 23.3. The fourth-order valence-electron chi connectivity index (χ4n) is 11.2. The summed E-state index contributed by atoms with van der Waals surface area (Å²) in [7, 11) is 0. The molecule has 1 spiro atoms. The zero-order chi connectivity index (χ0) is 44.5. The minimum Gasteiger partial charge on any atom is -0.481 e. The van der Waals surface area contributed by atoms with E-state index in [0.717, 1.165) is 6.42 Å². The van der Waals surface area contributed by atoms with Gasteiger partial charge in [0.15, 0.2) is 5.79 Å². The van der Waals surface area contributed by atoms with Crippen LogP contribution in [0.2, 0.25) is 0 Å². The number of hydrogen-bond acceptors (Lipinski definition) is 11. The van der Waals surface area contributed by atoms with Gasteiger partial charge in [0.1, 0.15) is 11.9 Å². The van der Waals surface area contributed by atoms with Gasteiger partial charge in [0.25, 0.3) is 0 Å². The van der Waals surface area contributed by atoms with Crippen molar-refractivity contribution in [3.63, 3.8) is 0 Å². The monoisotopic (exact) mass is 850 g/mol. The molecule has 5 aliphatic rings. The van der Waals surface area contributed by atoms with Crippen LogP contribution in [-0.2, 0) is 38.0 Å². The maximum Gasteiger partial charge on any atom is 0.407 e. The van der Waals surface area contributed by atoms with E-state index < -0.39 is 89.3 Å². The summed E-state index contributed by atoms with van der Waals surface area (Å²) in [5.41, 5.74) is -1.52. The number of ketones is 1. The maximum atomic E-state index is 14.6. The first kappa shape index (κ1) is 48.9. The lowest BCUT2D eigenvalue weighted by atomic mass is 9.72. The van der Waals surface area contributed by atoms with Gasteiger partial charge in [-0.2, -0.15) is 0 Å². The Labute approximate surface area is 359 Å². The molecule has 0 aromatic heterocycles. The number of aliphatic hydroxyl groups is 2. The number of carbonyl (C=O) groups excluding carboxylic acids is 2. The highest BCUT2D eigenvalue weighted by molar-refractivity contribution is 5.84. The number of carbonyl (C=O) groups is 3. The van der Waals surface area contributed by atoms with E-state index in [1.54, 1.807) is 20.8 Å². The minimum atomic E-state index is -1.22. The summed E-state index contributed by atoms with van der Waals surface area (Å²) in [6, 6.07) is -0.591. The normalized spacial score (nSPS) is 42.3. The quantitative estimate of drug-likeness (QED) is 0.120. The first-order chi connectivity index (χ1) is 28.1. The van der Waals surface area contributed by atoms with Crippen LogP contribution in [0.15, 0.2) is 12.2 Å². The van der Waals surface area contributed by atoms with E-state index in [9.17, 15) is 29.7 Å². The molecule has 0 aromatic carbocycles. The molecule has 60 heavy (non-hydrogen) atoms. The average Bonchev–Trinajstić information content (AvgIpc) is 3.60. The van der Waals surface area contributed by atoms with Crippen molar-refractivity contribution in [1.82, 2.24) is 5.32 Å². The second kappa shape index (κ2) is 19.7. The summed E-state index contributed by atoms with van der Waals surface area (Å²) < 4.78 is 39.5. The molecular formula is C47H79NO12. The molecule has 0 aromatic rings. The number of alkyl carbamates (subject to hydrolysis) is 1. The number of ether oxygens (including phenoxy) is 6. The van der Waals surface area contributed by atoms with E-state index >= 15 is 0 Å². The number of rotatable bonds is 15. The van der Waals surface area contributed by atoms with Crippen molar-refractivity contribution < 1.29 is 58.1 Å². The van der Waals surface area contributed by atoms with E-state index in [4.69, 9.17) is 28.4 Å². The molecule has 5 aliphatic heterocycles. The number of carboxylic acids is 1. The van der Waals surface area contributed by atoms with Crippen LogP contribution in [0.3, 0.4) is 0 Å². The molecule has 4 N–H and O–H groups in total. The second-order valence-electron chi connectivity index (χ2n) is 19.9. The first-order valence-corrected chi connectivity index (χ1v) is 23.3. The van der Waals surface area contributed by atoms with Crippen LogP contribution < -0.4 is 5.32 Å². The van der Waals surface area contributed by atoms with Gasteiger partial charge in [-0.3, -0.25) is 9.59 Å².